The van der Waals surface area contributed by atoms with Crippen LogP contribution in [-0.4, -0.2) is 12.7 Å². The molecule has 1 atom stereocenters. The molecule has 1 amide bonds. The molecular formula is C15H21NO3. The number of fused-ring (bicyclic) bond motifs is 1. The molecule has 19 heavy (non-hydrogen) atoms. The van der Waals surface area contributed by atoms with E-state index in [0.29, 0.717) is 12.3 Å². The topological polar surface area (TPSA) is 47.6 Å². The van der Waals surface area contributed by atoms with Gasteiger partial charge < -0.3 is 14.8 Å². The van der Waals surface area contributed by atoms with Crippen molar-refractivity contribution in [2.75, 3.05) is 6.79 Å². The summed E-state index contributed by atoms with van der Waals surface area (Å²) in [5.74, 6) is 2.16. The second-order valence-corrected chi connectivity index (χ2v) is 5.33. The minimum absolute atomic E-state index is 0.0193. The second-order valence-electron chi connectivity index (χ2n) is 5.33. The molecule has 0 aliphatic carbocycles. The van der Waals surface area contributed by atoms with Gasteiger partial charge in [-0.3, -0.25) is 4.79 Å². The molecule has 0 fully saturated rings. The molecule has 0 saturated heterocycles. The maximum absolute atomic E-state index is 11.8. The van der Waals surface area contributed by atoms with Crippen LogP contribution in [0.5, 0.6) is 11.5 Å². The van der Waals surface area contributed by atoms with Crippen molar-refractivity contribution < 1.29 is 14.3 Å². The van der Waals surface area contributed by atoms with E-state index >= 15 is 0 Å². The van der Waals surface area contributed by atoms with Gasteiger partial charge in [-0.15, -0.1) is 0 Å². The molecule has 4 heteroatoms. The monoisotopic (exact) mass is 263 g/mol. The molecule has 0 unspecified atom stereocenters. The van der Waals surface area contributed by atoms with E-state index in [-0.39, 0.29) is 18.7 Å². The van der Waals surface area contributed by atoms with Crippen molar-refractivity contribution in [3.63, 3.8) is 0 Å². The van der Waals surface area contributed by atoms with Crippen LogP contribution in [-0.2, 0) is 4.79 Å². The summed E-state index contributed by atoms with van der Waals surface area (Å²) in [5, 5.41) is 3.01. The van der Waals surface area contributed by atoms with Gasteiger partial charge in [-0.1, -0.05) is 19.9 Å². The van der Waals surface area contributed by atoms with E-state index in [4.69, 9.17) is 9.47 Å². The summed E-state index contributed by atoms with van der Waals surface area (Å²) in [4.78, 5) is 11.8. The molecular weight excluding hydrogens is 242 g/mol. The van der Waals surface area contributed by atoms with Gasteiger partial charge in [-0.2, -0.15) is 0 Å². The molecule has 1 aromatic carbocycles. The third kappa shape index (κ3) is 3.63. The molecule has 0 saturated carbocycles. The maximum Gasteiger partial charge on any atom is 0.231 e. The van der Waals surface area contributed by atoms with E-state index in [2.05, 4.69) is 19.2 Å². The Hall–Kier alpha value is -1.71. The largest absolute Gasteiger partial charge is 0.454 e. The van der Waals surface area contributed by atoms with Crippen LogP contribution >= 0.6 is 0 Å². The molecule has 1 aromatic rings. The first kappa shape index (κ1) is 13.7. The van der Waals surface area contributed by atoms with Crippen molar-refractivity contribution in [2.24, 2.45) is 5.92 Å². The Bertz CT molecular complexity index is 457. The number of nitrogens with one attached hydrogen (secondary N) is 1. The first-order valence-corrected chi connectivity index (χ1v) is 6.75. The third-order valence-electron chi connectivity index (χ3n) is 3.22. The van der Waals surface area contributed by atoms with Crippen LogP contribution in [0.2, 0.25) is 0 Å². The average Bonchev–Trinajstić information content (AvgIpc) is 2.83. The van der Waals surface area contributed by atoms with E-state index in [1.807, 2.05) is 25.1 Å². The maximum atomic E-state index is 11.8. The molecule has 104 valence electrons. The molecule has 0 radical (unpaired) electrons. The van der Waals surface area contributed by atoms with E-state index in [1.54, 1.807) is 0 Å². The van der Waals surface area contributed by atoms with Crippen molar-refractivity contribution >= 4 is 5.91 Å². The van der Waals surface area contributed by atoms with Crippen LogP contribution in [0.4, 0.5) is 0 Å². The van der Waals surface area contributed by atoms with Gasteiger partial charge in [0.15, 0.2) is 11.5 Å². The quantitative estimate of drug-likeness (QED) is 0.888. The Morgan fingerprint density at radius 3 is 2.74 bits per heavy atom. The molecule has 0 aromatic heterocycles. The molecule has 4 nitrogen and oxygen atoms in total. The summed E-state index contributed by atoms with van der Waals surface area (Å²) < 4.78 is 10.6. The number of hydrogen-bond acceptors (Lipinski definition) is 3. The number of amides is 1. The van der Waals surface area contributed by atoms with E-state index in [1.165, 1.54) is 0 Å². The first-order chi connectivity index (χ1) is 9.06. The lowest BCUT2D eigenvalue weighted by Gasteiger charge is -2.15. The smallest absolute Gasteiger partial charge is 0.231 e. The van der Waals surface area contributed by atoms with Crippen LogP contribution < -0.4 is 14.8 Å². The van der Waals surface area contributed by atoms with Crippen molar-refractivity contribution in [1.82, 2.24) is 5.32 Å². The number of hydrogen-bond donors (Lipinski definition) is 1. The van der Waals surface area contributed by atoms with Gasteiger partial charge in [0.1, 0.15) is 0 Å². The second kappa shape index (κ2) is 5.95. The SMILES string of the molecule is CC(C)CCC(=O)N[C@@H](C)c1ccc2c(c1)OCO2. The predicted octanol–water partition coefficient (Wildman–Crippen LogP) is 3.03. The fourth-order valence-corrected chi connectivity index (χ4v) is 2.00. The minimum atomic E-state index is -0.0193. The number of rotatable bonds is 5. The molecule has 0 spiro atoms. The Morgan fingerprint density at radius 2 is 2.00 bits per heavy atom. The van der Waals surface area contributed by atoms with E-state index < -0.39 is 0 Å². The van der Waals surface area contributed by atoms with Crippen molar-refractivity contribution in [3.05, 3.63) is 23.8 Å². The van der Waals surface area contributed by atoms with Crippen LogP contribution in [0.3, 0.4) is 0 Å². The lowest BCUT2D eigenvalue weighted by molar-refractivity contribution is -0.122. The van der Waals surface area contributed by atoms with Crippen molar-refractivity contribution in [1.29, 1.82) is 0 Å². The highest BCUT2D eigenvalue weighted by Gasteiger charge is 2.16. The minimum Gasteiger partial charge on any atom is -0.454 e. The van der Waals surface area contributed by atoms with Gasteiger partial charge >= 0.3 is 0 Å². The third-order valence-corrected chi connectivity index (χ3v) is 3.22. The number of ether oxygens (including phenoxy) is 2. The molecule has 1 heterocycles. The highest BCUT2D eigenvalue weighted by Crippen LogP contribution is 2.34. The Labute approximate surface area is 114 Å². The van der Waals surface area contributed by atoms with Gasteiger partial charge in [0.05, 0.1) is 6.04 Å². The van der Waals surface area contributed by atoms with Gasteiger partial charge in [0.2, 0.25) is 12.7 Å². The average molecular weight is 263 g/mol. The Balaban J connectivity index is 1.92. The van der Waals surface area contributed by atoms with E-state index in [0.717, 1.165) is 23.5 Å². The van der Waals surface area contributed by atoms with Gasteiger partial charge in [-0.25, -0.2) is 0 Å². The van der Waals surface area contributed by atoms with Crippen molar-refractivity contribution in [2.45, 2.75) is 39.7 Å². The molecule has 1 aliphatic rings. The zero-order valence-electron chi connectivity index (χ0n) is 11.7. The van der Waals surface area contributed by atoms with E-state index in [9.17, 15) is 4.79 Å². The Morgan fingerprint density at radius 1 is 1.26 bits per heavy atom. The van der Waals surface area contributed by atoms with Crippen molar-refractivity contribution in [3.8, 4) is 11.5 Å². The summed E-state index contributed by atoms with van der Waals surface area (Å²) in [6.07, 6.45) is 1.49. The fraction of sp³-hybridized carbons (Fsp3) is 0.533. The molecule has 0 bridgehead atoms. The molecule has 1 aliphatic heterocycles. The van der Waals surface area contributed by atoms with Gasteiger partial charge in [-0.05, 0) is 37.0 Å². The number of carbonyl (C=O) groups excluding carboxylic acids is 1. The van der Waals surface area contributed by atoms with Crippen LogP contribution in [0.1, 0.15) is 45.2 Å². The summed E-state index contributed by atoms with van der Waals surface area (Å²) in [6, 6.07) is 5.75. The fourth-order valence-electron chi connectivity index (χ4n) is 2.00. The number of carbonyl (C=O) groups is 1. The van der Waals surface area contributed by atoms with Crippen LogP contribution in [0, 0.1) is 5.92 Å². The molecule has 2 rings (SSSR count). The van der Waals surface area contributed by atoms with Crippen LogP contribution in [0.25, 0.3) is 0 Å². The van der Waals surface area contributed by atoms with Gasteiger partial charge in [0, 0.05) is 6.42 Å². The summed E-state index contributed by atoms with van der Waals surface area (Å²) in [7, 11) is 0. The summed E-state index contributed by atoms with van der Waals surface area (Å²) in [6.45, 7) is 6.49. The standard InChI is InChI=1S/C15H21NO3/c1-10(2)4-7-15(17)16-11(3)12-5-6-13-14(8-12)19-9-18-13/h5-6,8,10-11H,4,7,9H2,1-3H3,(H,16,17)/t11-/m0/s1. The predicted molar refractivity (Wildman–Crippen MR) is 73.2 cm³/mol. The lowest BCUT2D eigenvalue weighted by atomic mass is 10.1. The van der Waals surface area contributed by atoms with Gasteiger partial charge in [0.25, 0.3) is 0 Å². The number of benzene rings is 1. The summed E-state index contributed by atoms with van der Waals surface area (Å²) in [5.41, 5.74) is 1.03. The Kier molecular flexibility index (Phi) is 4.30. The highest BCUT2D eigenvalue weighted by molar-refractivity contribution is 5.76. The zero-order chi connectivity index (χ0) is 13.8. The normalized spacial score (nSPS) is 14.5. The first-order valence-electron chi connectivity index (χ1n) is 6.75. The summed E-state index contributed by atoms with van der Waals surface area (Å²) >= 11 is 0. The van der Waals surface area contributed by atoms with Crippen LogP contribution in [0.15, 0.2) is 18.2 Å². The zero-order valence-corrected chi connectivity index (χ0v) is 11.7. The lowest BCUT2D eigenvalue weighted by Crippen LogP contribution is -2.26. The highest BCUT2D eigenvalue weighted by atomic mass is 16.7. The molecule has 1 N–H and O–H groups in total.